The number of nitrogens with zero attached hydrogens (tertiary/aromatic N) is 4. The van der Waals surface area contributed by atoms with Crippen molar-refractivity contribution in [1.82, 2.24) is 14.5 Å². The minimum atomic E-state index is -0.915. The van der Waals surface area contributed by atoms with Gasteiger partial charge in [-0.3, -0.25) is 9.69 Å². The number of imidazole rings is 1. The van der Waals surface area contributed by atoms with Gasteiger partial charge in [0.1, 0.15) is 17.4 Å². The molecule has 2 aromatic carbocycles. The molecule has 33 heavy (non-hydrogen) atoms. The molecule has 0 saturated heterocycles. The number of amides is 1. The van der Waals surface area contributed by atoms with E-state index in [4.69, 9.17) is 9.47 Å². The fourth-order valence-corrected chi connectivity index (χ4v) is 4.77. The largest absolute Gasteiger partial charge is 0.482 e. The van der Waals surface area contributed by atoms with E-state index in [0.717, 1.165) is 17.4 Å². The normalized spacial score (nSPS) is 17.3. The number of rotatable bonds is 6. The molecular formula is C23H20F2N4O3S. The Morgan fingerprint density at radius 2 is 2.00 bits per heavy atom. The van der Waals surface area contributed by atoms with Crippen molar-refractivity contribution in [1.29, 1.82) is 0 Å². The zero-order valence-electron chi connectivity index (χ0n) is 17.6. The van der Waals surface area contributed by atoms with Gasteiger partial charge in [0.05, 0.1) is 11.0 Å². The standard InChI is InChI=1S/C23H20F2N4O3S/c1-14-21(32-18-6-3-2-5-17(18)31-14)22(30)29(9-4-8-28-10-7-26-13-28)23-27-20-16(25)11-15(24)12-19(20)33-23/h2-3,5-7,10-14,21H,4,8-9H2,1H3. The number of halogens is 2. The van der Waals surface area contributed by atoms with Gasteiger partial charge in [-0.15, -0.1) is 0 Å². The van der Waals surface area contributed by atoms with Crippen molar-refractivity contribution in [3.63, 3.8) is 0 Å². The summed E-state index contributed by atoms with van der Waals surface area (Å²) in [6.07, 6.45) is 4.33. The van der Waals surface area contributed by atoms with Gasteiger partial charge in [-0.1, -0.05) is 23.5 Å². The van der Waals surface area contributed by atoms with Gasteiger partial charge in [0, 0.05) is 31.5 Å². The minimum absolute atomic E-state index is 0.0306. The van der Waals surface area contributed by atoms with Crippen molar-refractivity contribution in [2.45, 2.75) is 32.1 Å². The summed E-state index contributed by atoms with van der Waals surface area (Å²) < 4.78 is 42.1. The number of carbonyl (C=O) groups excluding carboxylic acids is 1. The maximum Gasteiger partial charge on any atom is 0.273 e. The molecule has 2 unspecified atom stereocenters. The maximum atomic E-state index is 14.3. The maximum absolute atomic E-state index is 14.3. The molecule has 1 amide bonds. The zero-order chi connectivity index (χ0) is 22.9. The first-order chi connectivity index (χ1) is 16.0. The lowest BCUT2D eigenvalue weighted by molar-refractivity contribution is -0.130. The topological polar surface area (TPSA) is 69.5 Å². The van der Waals surface area contributed by atoms with Crippen LogP contribution < -0.4 is 14.4 Å². The number of aryl methyl sites for hydroxylation is 1. The monoisotopic (exact) mass is 470 g/mol. The zero-order valence-corrected chi connectivity index (χ0v) is 18.5. The van der Waals surface area contributed by atoms with E-state index in [2.05, 4.69) is 9.97 Å². The fraction of sp³-hybridized carbons (Fsp3) is 0.261. The van der Waals surface area contributed by atoms with Crippen LogP contribution in [0.1, 0.15) is 13.3 Å². The first kappa shape index (κ1) is 21.3. The van der Waals surface area contributed by atoms with Crippen LogP contribution in [0, 0.1) is 11.6 Å². The molecule has 0 fully saturated rings. The van der Waals surface area contributed by atoms with Crippen molar-refractivity contribution >= 4 is 32.6 Å². The Morgan fingerprint density at radius 3 is 2.76 bits per heavy atom. The third-order valence-corrected chi connectivity index (χ3v) is 6.37. The molecule has 0 saturated carbocycles. The number of benzene rings is 2. The molecule has 2 atom stereocenters. The lowest BCUT2D eigenvalue weighted by Gasteiger charge is -2.33. The molecule has 7 nitrogen and oxygen atoms in total. The van der Waals surface area contributed by atoms with Crippen LogP contribution in [0.4, 0.5) is 13.9 Å². The van der Waals surface area contributed by atoms with E-state index >= 15 is 0 Å². The Kier molecular flexibility index (Phi) is 5.67. The molecule has 0 bridgehead atoms. The van der Waals surface area contributed by atoms with E-state index < -0.39 is 23.8 Å². The first-order valence-electron chi connectivity index (χ1n) is 10.4. The second kappa shape index (κ2) is 8.78. The molecule has 5 rings (SSSR count). The third kappa shape index (κ3) is 4.25. The predicted molar refractivity (Wildman–Crippen MR) is 120 cm³/mol. The smallest absolute Gasteiger partial charge is 0.273 e. The van der Waals surface area contributed by atoms with Crippen molar-refractivity contribution in [3.05, 3.63) is 66.8 Å². The highest BCUT2D eigenvalue weighted by Crippen LogP contribution is 2.36. The molecule has 4 aromatic rings. The van der Waals surface area contributed by atoms with Gasteiger partial charge in [-0.05, 0) is 31.5 Å². The van der Waals surface area contributed by atoms with Gasteiger partial charge in [0.15, 0.2) is 22.4 Å². The number of fused-ring (bicyclic) bond motifs is 2. The second-order valence-corrected chi connectivity index (χ2v) is 8.69. The number of hydrogen-bond acceptors (Lipinski definition) is 6. The van der Waals surface area contributed by atoms with E-state index in [1.54, 1.807) is 37.6 Å². The van der Waals surface area contributed by atoms with Crippen LogP contribution in [0.25, 0.3) is 10.2 Å². The lowest BCUT2D eigenvalue weighted by atomic mass is 10.1. The minimum Gasteiger partial charge on any atom is -0.482 e. The molecule has 10 heteroatoms. The van der Waals surface area contributed by atoms with Crippen LogP contribution in [0.5, 0.6) is 11.5 Å². The lowest BCUT2D eigenvalue weighted by Crippen LogP contribution is -2.51. The molecule has 0 spiro atoms. The molecule has 1 aliphatic rings. The first-order valence-corrected chi connectivity index (χ1v) is 11.3. The Labute approximate surface area is 192 Å². The van der Waals surface area contributed by atoms with Gasteiger partial charge in [-0.2, -0.15) is 0 Å². The molecule has 0 N–H and O–H groups in total. The third-order valence-electron chi connectivity index (χ3n) is 5.34. The summed E-state index contributed by atoms with van der Waals surface area (Å²) in [5.41, 5.74) is 0.0306. The highest BCUT2D eigenvalue weighted by molar-refractivity contribution is 7.22. The summed E-state index contributed by atoms with van der Waals surface area (Å²) >= 11 is 1.06. The summed E-state index contributed by atoms with van der Waals surface area (Å²) in [4.78, 5) is 23.5. The number of thiazole rings is 1. The van der Waals surface area contributed by atoms with E-state index in [-0.39, 0.29) is 16.6 Å². The Morgan fingerprint density at radius 1 is 1.21 bits per heavy atom. The molecule has 0 radical (unpaired) electrons. The Balaban J connectivity index is 1.45. The van der Waals surface area contributed by atoms with Crippen molar-refractivity contribution < 1.29 is 23.0 Å². The van der Waals surface area contributed by atoms with Crippen molar-refractivity contribution in [3.8, 4) is 11.5 Å². The van der Waals surface area contributed by atoms with E-state index in [9.17, 15) is 13.6 Å². The summed E-state index contributed by atoms with van der Waals surface area (Å²) in [6.45, 7) is 2.68. The number of ether oxygens (including phenoxy) is 2. The summed E-state index contributed by atoms with van der Waals surface area (Å²) in [5, 5.41) is 0.278. The number of para-hydroxylation sites is 2. The van der Waals surface area contributed by atoms with Gasteiger partial charge in [0.2, 0.25) is 6.10 Å². The SMILES string of the molecule is CC1Oc2ccccc2OC1C(=O)N(CCCn1ccnc1)c1nc2c(F)cc(F)cc2s1. The molecule has 1 aliphatic heterocycles. The van der Waals surface area contributed by atoms with Gasteiger partial charge in [0.25, 0.3) is 5.91 Å². The molecule has 0 aliphatic carbocycles. The Bertz CT molecular complexity index is 1290. The van der Waals surface area contributed by atoms with Gasteiger partial charge < -0.3 is 14.0 Å². The van der Waals surface area contributed by atoms with Crippen molar-refractivity contribution in [2.24, 2.45) is 0 Å². The predicted octanol–water partition coefficient (Wildman–Crippen LogP) is 4.42. The highest BCUT2D eigenvalue weighted by atomic mass is 32.1. The number of carbonyl (C=O) groups is 1. The van der Waals surface area contributed by atoms with Crippen LogP contribution in [-0.2, 0) is 11.3 Å². The average Bonchev–Trinajstić information content (AvgIpc) is 3.46. The highest BCUT2D eigenvalue weighted by Gasteiger charge is 2.38. The van der Waals surface area contributed by atoms with E-state index in [1.165, 1.54) is 11.0 Å². The summed E-state index contributed by atoms with van der Waals surface area (Å²) in [5.74, 6) is -0.772. The molecule has 2 aromatic heterocycles. The van der Waals surface area contributed by atoms with Crippen molar-refractivity contribution in [2.75, 3.05) is 11.4 Å². The number of aromatic nitrogens is 3. The Hall–Kier alpha value is -3.53. The van der Waals surface area contributed by atoms with Crippen LogP contribution in [0.15, 0.2) is 55.1 Å². The van der Waals surface area contributed by atoms with Crippen LogP contribution in [-0.4, -0.2) is 39.2 Å². The molecule has 3 heterocycles. The van der Waals surface area contributed by atoms with Gasteiger partial charge >= 0.3 is 0 Å². The van der Waals surface area contributed by atoms with E-state index in [0.29, 0.717) is 35.7 Å². The number of hydrogen-bond donors (Lipinski definition) is 0. The average molecular weight is 471 g/mol. The summed E-state index contributed by atoms with van der Waals surface area (Å²) in [6, 6.07) is 9.14. The van der Waals surface area contributed by atoms with Crippen LogP contribution in [0.2, 0.25) is 0 Å². The van der Waals surface area contributed by atoms with Gasteiger partial charge in [-0.25, -0.2) is 18.7 Å². The molecular weight excluding hydrogens is 450 g/mol. The molecule has 170 valence electrons. The number of anilines is 1. The van der Waals surface area contributed by atoms with Crippen LogP contribution in [0.3, 0.4) is 0 Å². The quantitative estimate of drug-likeness (QED) is 0.417. The summed E-state index contributed by atoms with van der Waals surface area (Å²) in [7, 11) is 0. The van der Waals surface area contributed by atoms with E-state index in [1.807, 2.05) is 16.8 Å². The fourth-order valence-electron chi connectivity index (χ4n) is 3.74. The van der Waals surface area contributed by atoms with Crippen LogP contribution >= 0.6 is 11.3 Å². The second-order valence-electron chi connectivity index (χ2n) is 7.68.